The van der Waals surface area contributed by atoms with Crippen molar-refractivity contribution < 1.29 is 9.90 Å². The summed E-state index contributed by atoms with van der Waals surface area (Å²) in [6.45, 7) is 4.19. The smallest absolute Gasteiger partial charge is 0.303 e. The van der Waals surface area contributed by atoms with Crippen LogP contribution in [-0.4, -0.2) is 47.1 Å². The van der Waals surface area contributed by atoms with E-state index >= 15 is 0 Å². The van der Waals surface area contributed by atoms with Crippen molar-refractivity contribution in [3.05, 3.63) is 23.4 Å². The van der Waals surface area contributed by atoms with Gasteiger partial charge in [0.25, 0.3) is 0 Å². The molecular formula is C18H27N3O2. The number of carboxylic acids is 1. The SMILES string of the molecule is O=C(O)CCCN1CC[C@@H](CCc2ccc3c(n2)NCCC3)C1. The van der Waals surface area contributed by atoms with Crippen molar-refractivity contribution in [1.82, 2.24) is 9.88 Å². The second-order valence-electron chi connectivity index (χ2n) is 6.83. The second kappa shape index (κ2) is 7.77. The van der Waals surface area contributed by atoms with Gasteiger partial charge in [-0.1, -0.05) is 6.07 Å². The van der Waals surface area contributed by atoms with E-state index in [1.54, 1.807) is 0 Å². The van der Waals surface area contributed by atoms with Crippen LogP contribution in [0, 0.1) is 5.92 Å². The first-order valence-electron chi connectivity index (χ1n) is 8.87. The number of likely N-dealkylation sites (tertiary alicyclic amines) is 1. The standard InChI is InChI=1S/C18H27N3O2/c22-17(23)4-2-11-21-12-9-14(13-21)5-7-16-8-6-15-3-1-10-19-18(15)20-16/h6,8,14H,1-5,7,9-13H2,(H,19,20)(H,22,23)/t14-/m1/s1. The van der Waals surface area contributed by atoms with Gasteiger partial charge in [-0.05, 0) is 69.2 Å². The Morgan fingerprint density at radius 1 is 1.43 bits per heavy atom. The molecule has 1 aromatic heterocycles. The van der Waals surface area contributed by atoms with Crippen molar-refractivity contribution in [3.63, 3.8) is 0 Å². The van der Waals surface area contributed by atoms with Gasteiger partial charge in [0, 0.05) is 25.2 Å². The van der Waals surface area contributed by atoms with Crippen molar-refractivity contribution in [2.24, 2.45) is 5.92 Å². The van der Waals surface area contributed by atoms with Crippen LogP contribution in [0.3, 0.4) is 0 Å². The normalized spacial score (nSPS) is 21.0. The lowest BCUT2D eigenvalue weighted by atomic mass is 10.00. The number of aryl methyl sites for hydroxylation is 2. The summed E-state index contributed by atoms with van der Waals surface area (Å²) in [4.78, 5) is 17.8. The van der Waals surface area contributed by atoms with Gasteiger partial charge >= 0.3 is 5.97 Å². The predicted molar refractivity (Wildman–Crippen MR) is 90.8 cm³/mol. The van der Waals surface area contributed by atoms with Gasteiger partial charge in [0.05, 0.1) is 0 Å². The topological polar surface area (TPSA) is 65.5 Å². The molecule has 5 heteroatoms. The lowest BCUT2D eigenvalue weighted by Gasteiger charge is -2.18. The van der Waals surface area contributed by atoms with Crippen LogP contribution in [-0.2, 0) is 17.6 Å². The summed E-state index contributed by atoms with van der Waals surface area (Å²) in [7, 11) is 0. The highest BCUT2D eigenvalue weighted by molar-refractivity contribution is 5.66. The van der Waals surface area contributed by atoms with Crippen LogP contribution in [0.25, 0.3) is 0 Å². The van der Waals surface area contributed by atoms with Crippen LogP contribution < -0.4 is 5.32 Å². The largest absolute Gasteiger partial charge is 0.481 e. The molecular weight excluding hydrogens is 290 g/mol. The van der Waals surface area contributed by atoms with Crippen molar-refractivity contribution in [3.8, 4) is 0 Å². The van der Waals surface area contributed by atoms with E-state index in [1.165, 1.54) is 30.5 Å². The molecule has 0 spiro atoms. The highest BCUT2D eigenvalue weighted by atomic mass is 16.4. The molecule has 1 atom stereocenters. The Morgan fingerprint density at radius 3 is 3.22 bits per heavy atom. The van der Waals surface area contributed by atoms with Gasteiger partial charge in [-0.15, -0.1) is 0 Å². The minimum atomic E-state index is -0.687. The Kier molecular flexibility index (Phi) is 5.49. The second-order valence-corrected chi connectivity index (χ2v) is 6.83. The zero-order valence-electron chi connectivity index (χ0n) is 13.8. The van der Waals surface area contributed by atoms with E-state index < -0.39 is 5.97 Å². The number of hydrogen-bond donors (Lipinski definition) is 2. The highest BCUT2D eigenvalue weighted by Gasteiger charge is 2.22. The molecule has 0 unspecified atom stereocenters. The van der Waals surface area contributed by atoms with Gasteiger partial charge in [0.15, 0.2) is 0 Å². The molecule has 3 heterocycles. The number of aliphatic carboxylic acids is 1. The van der Waals surface area contributed by atoms with Crippen LogP contribution in [0.1, 0.15) is 43.4 Å². The van der Waals surface area contributed by atoms with Crippen LogP contribution in [0.4, 0.5) is 5.82 Å². The summed E-state index contributed by atoms with van der Waals surface area (Å²) >= 11 is 0. The van der Waals surface area contributed by atoms with E-state index in [1.807, 2.05) is 0 Å². The number of carbonyl (C=O) groups is 1. The van der Waals surface area contributed by atoms with Gasteiger partial charge in [0.2, 0.25) is 0 Å². The Hall–Kier alpha value is -1.62. The zero-order valence-corrected chi connectivity index (χ0v) is 13.8. The summed E-state index contributed by atoms with van der Waals surface area (Å²) in [6.07, 6.45) is 6.85. The third-order valence-corrected chi connectivity index (χ3v) is 5.00. The number of anilines is 1. The minimum Gasteiger partial charge on any atom is -0.481 e. The van der Waals surface area contributed by atoms with Crippen molar-refractivity contribution in [1.29, 1.82) is 0 Å². The van der Waals surface area contributed by atoms with E-state index in [2.05, 4.69) is 22.3 Å². The summed E-state index contributed by atoms with van der Waals surface area (Å²) in [6, 6.07) is 4.42. The molecule has 3 rings (SSSR count). The van der Waals surface area contributed by atoms with E-state index in [0.29, 0.717) is 0 Å². The Balaban J connectivity index is 1.42. The number of nitrogens with zero attached hydrogens (tertiary/aromatic N) is 2. The maximum atomic E-state index is 10.6. The molecule has 1 fully saturated rings. The van der Waals surface area contributed by atoms with E-state index in [0.717, 1.165) is 57.2 Å². The maximum Gasteiger partial charge on any atom is 0.303 e. The summed E-state index contributed by atoms with van der Waals surface area (Å²) in [5, 5.41) is 12.1. The molecule has 1 aromatic rings. The quantitative estimate of drug-likeness (QED) is 0.809. The molecule has 0 aromatic carbocycles. The molecule has 2 aliphatic rings. The molecule has 0 bridgehead atoms. The molecule has 1 saturated heterocycles. The number of carboxylic acid groups (broad SMARTS) is 1. The molecule has 23 heavy (non-hydrogen) atoms. The Labute approximate surface area is 138 Å². The van der Waals surface area contributed by atoms with Gasteiger partial charge in [-0.25, -0.2) is 4.98 Å². The molecule has 126 valence electrons. The van der Waals surface area contributed by atoms with Crippen molar-refractivity contribution >= 4 is 11.8 Å². The van der Waals surface area contributed by atoms with E-state index in [-0.39, 0.29) is 6.42 Å². The van der Waals surface area contributed by atoms with Crippen molar-refractivity contribution in [2.45, 2.75) is 44.9 Å². The fraction of sp³-hybridized carbons (Fsp3) is 0.667. The molecule has 5 nitrogen and oxygen atoms in total. The monoisotopic (exact) mass is 317 g/mol. The number of pyridine rings is 1. The molecule has 0 amide bonds. The van der Waals surface area contributed by atoms with E-state index in [4.69, 9.17) is 10.1 Å². The third kappa shape index (κ3) is 4.67. The maximum absolute atomic E-state index is 10.6. The van der Waals surface area contributed by atoms with Gasteiger partial charge < -0.3 is 15.3 Å². The van der Waals surface area contributed by atoms with Gasteiger partial charge in [0.1, 0.15) is 5.82 Å². The first kappa shape index (κ1) is 16.2. The number of hydrogen-bond acceptors (Lipinski definition) is 4. The molecule has 0 saturated carbocycles. The average Bonchev–Trinajstić information content (AvgIpc) is 3.00. The average molecular weight is 317 g/mol. The lowest BCUT2D eigenvalue weighted by molar-refractivity contribution is -0.137. The first-order chi connectivity index (χ1) is 11.2. The zero-order chi connectivity index (χ0) is 16.1. The van der Waals surface area contributed by atoms with Crippen molar-refractivity contribution in [2.75, 3.05) is 31.5 Å². The van der Waals surface area contributed by atoms with Crippen LogP contribution in [0.5, 0.6) is 0 Å². The lowest BCUT2D eigenvalue weighted by Crippen LogP contribution is -2.22. The fourth-order valence-corrected chi connectivity index (χ4v) is 3.67. The van der Waals surface area contributed by atoms with Gasteiger partial charge in [-0.2, -0.15) is 0 Å². The predicted octanol–water partition coefficient (Wildman–Crippen LogP) is 2.56. The molecule has 0 aliphatic carbocycles. The summed E-state index contributed by atoms with van der Waals surface area (Å²) in [5.41, 5.74) is 2.55. The number of fused-ring (bicyclic) bond motifs is 1. The number of aromatic nitrogens is 1. The fourth-order valence-electron chi connectivity index (χ4n) is 3.67. The van der Waals surface area contributed by atoms with Gasteiger partial charge in [-0.3, -0.25) is 4.79 Å². The first-order valence-corrected chi connectivity index (χ1v) is 8.87. The number of nitrogens with one attached hydrogen (secondary N) is 1. The summed E-state index contributed by atoms with van der Waals surface area (Å²) in [5.74, 6) is 1.13. The molecule has 2 N–H and O–H groups in total. The molecule has 0 radical (unpaired) electrons. The Bertz CT molecular complexity index is 547. The van der Waals surface area contributed by atoms with Crippen LogP contribution in [0.15, 0.2) is 12.1 Å². The highest BCUT2D eigenvalue weighted by Crippen LogP contribution is 2.24. The van der Waals surface area contributed by atoms with Crippen LogP contribution >= 0.6 is 0 Å². The molecule has 2 aliphatic heterocycles. The third-order valence-electron chi connectivity index (χ3n) is 5.00. The summed E-state index contributed by atoms with van der Waals surface area (Å²) < 4.78 is 0. The van der Waals surface area contributed by atoms with E-state index in [9.17, 15) is 4.79 Å². The number of rotatable bonds is 7. The Morgan fingerprint density at radius 2 is 2.35 bits per heavy atom. The minimum absolute atomic E-state index is 0.285. The van der Waals surface area contributed by atoms with Crippen LogP contribution in [0.2, 0.25) is 0 Å².